The average molecular weight is 341 g/mol. The molecule has 3 rings (SSSR count). The number of amides is 1. The van der Waals surface area contributed by atoms with Gasteiger partial charge in [0.15, 0.2) is 5.76 Å². The van der Waals surface area contributed by atoms with Gasteiger partial charge in [0.2, 0.25) is 5.76 Å². The first kappa shape index (κ1) is 16.8. The van der Waals surface area contributed by atoms with Gasteiger partial charge in [-0.25, -0.2) is 4.79 Å². The third-order valence-electron chi connectivity index (χ3n) is 4.08. The molecule has 0 saturated carbocycles. The average Bonchev–Trinajstić information content (AvgIpc) is 3.25. The van der Waals surface area contributed by atoms with Crippen LogP contribution in [0.3, 0.4) is 0 Å². The van der Waals surface area contributed by atoms with E-state index in [2.05, 4.69) is 0 Å². The van der Waals surface area contributed by atoms with Gasteiger partial charge in [-0.15, -0.1) is 0 Å². The van der Waals surface area contributed by atoms with Crippen molar-refractivity contribution >= 4 is 22.8 Å². The zero-order valence-electron chi connectivity index (χ0n) is 14.1. The van der Waals surface area contributed by atoms with E-state index >= 15 is 0 Å². The fourth-order valence-electron chi connectivity index (χ4n) is 2.78. The number of rotatable bonds is 6. The molecular formula is C19H19NO5. The minimum atomic E-state index is -1.20. The number of carboxylic acids is 1. The molecule has 0 radical (unpaired) electrons. The van der Waals surface area contributed by atoms with E-state index in [-0.39, 0.29) is 23.5 Å². The molecule has 6 heteroatoms. The zero-order chi connectivity index (χ0) is 18.0. The molecule has 1 aromatic carbocycles. The number of fused-ring (bicyclic) bond motifs is 1. The van der Waals surface area contributed by atoms with Crippen molar-refractivity contribution in [2.75, 3.05) is 6.54 Å². The second kappa shape index (κ2) is 6.84. The maximum Gasteiger partial charge on any atom is 0.371 e. The van der Waals surface area contributed by atoms with Crippen LogP contribution in [0.15, 0.2) is 51.3 Å². The molecule has 6 nitrogen and oxygen atoms in total. The molecule has 1 N–H and O–H groups in total. The molecule has 3 aromatic rings. The Bertz CT molecular complexity index is 874. The Labute approximate surface area is 144 Å². The van der Waals surface area contributed by atoms with Gasteiger partial charge in [0.05, 0.1) is 6.04 Å². The Morgan fingerprint density at radius 2 is 1.84 bits per heavy atom. The Balaban J connectivity index is 1.90. The predicted octanol–water partition coefficient (Wildman–Crippen LogP) is 4.34. The summed E-state index contributed by atoms with van der Waals surface area (Å²) in [6, 6.07) is 11.9. The van der Waals surface area contributed by atoms with E-state index in [9.17, 15) is 9.59 Å². The van der Waals surface area contributed by atoms with Crippen LogP contribution in [-0.2, 0) is 0 Å². The molecule has 0 bridgehead atoms. The van der Waals surface area contributed by atoms with Gasteiger partial charge in [-0.3, -0.25) is 4.79 Å². The molecule has 2 aromatic heterocycles. The summed E-state index contributed by atoms with van der Waals surface area (Å²) in [5.74, 6) is -1.13. The molecule has 0 fully saturated rings. The van der Waals surface area contributed by atoms with Crippen LogP contribution < -0.4 is 0 Å². The lowest BCUT2D eigenvalue weighted by molar-refractivity contribution is 0.0617. The van der Waals surface area contributed by atoms with Crippen molar-refractivity contribution in [3.8, 4) is 0 Å². The molecule has 1 amide bonds. The second-order valence-corrected chi connectivity index (χ2v) is 5.83. The highest BCUT2D eigenvalue weighted by molar-refractivity contribution is 5.93. The monoisotopic (exact) mass is 341 g/mol. The van der Waals surface area contributed by atoms with Gasteiger partial charge in [0.25, 0.3) is 5.91 Å². The van der Waals surface area contributed by atoms with E-state index in [1.807, 2.05) is 44.2 Å². The van der Waals surface area contributed by atoms with Crippen molar-refractivity contribution < 1.29 is 23.5 Å². The van der Waals surface area contributed by atoms with Crippen LogP contribution in [-0.4, -0.2) is 28.4 Å². The minimum absolute atomic E-state index is 0.00816. The van der Waals surface area contributed by atoms with Crippen LogP contribution in [0, 0.1) is 0 Å². The summed E-state index contributed by atoms with van der Waals surface area (Å²) < 4.78 is 11.0. The van der Waals surface area contributed by atoms with Gasteiger partial charge < -0.3 is 18.8 Å². The lowest BCUT2D eigenvalue weighted by Crippen LogP contribution is -2.34. The number of carbonyl (C=O) groups excluding carboxylic acids is 1. The van der Waals surface area contributed by atoms with Gasteiger partial charge in [-0.05, 0) is 37.6 Å². The minimum Gasteiger partial charge on any atom is -0.475 e. The van der Waals surface area contributed by atoms with Gasteiger partial charge >= 0.3 is 5.97 Å². The molecule has 0 spiro atoms. The fraction of sp³-hybridized carbons (Fsp3) is 0.263. The maximum atomic E-state index is 12.8. The van der Waals surface area contributed by atoms with Gasteiger partial charge in [0.1, 0.15) is 11.3 Å². The molecular weight excluding hydrogens is 322 g/mol. The number of carboxylic acid groups (broad SMARTS) is 1. The zero-order valence-corrected chi connectivity index (χ0v) is 14.1. The highest BCUT2D eigenvalue weighted by atomic mass is 16.4. The number of hydrogen-bond donors (Lipinski definition) is 1. The SMILES string of the molecule is CCCN(C(=O)c1ccc(C(=O)O)o1)C(C)c1cc2ccccc2o1. The van der Waals surface area contributed by atoms with Gasteiger partial charge in [-0.2, -0.15) is 0 Å². The van der Waals surface area contributed by atoms with Crippen LogP contribution in [0.25, 0.3) is 11.0 Å². The molecule has 1 unspecified atom stereocenters. The van der Waals surface area contributed by atoms with E-state index in [4.69, 9.17) is 13.9 Å². The van der Waals surface area contributed by atoms with Gasteiger partial charge in [-0.1, -0.05) is 25.1 Å². The van der Waals surface area contributed by atoms with E-state index in [0.717, 1.165) is 17.4 Å². The fourth-order valence-corrected chi connectivity index (χ4v) is 2.78. The third-order valence-corrected chi connectivity index (χ3v) is 4.08. The number of carbonyl (C=O) groups is 2. The third kappa shape index (κ3) is 3.28. The van der Waals surface area contributed by atoms with Gasteiger partial charge in [0, 0.05) is 11.9 Å². The largest absolute Gasteiger partial charge is 0.475 e. The summed E-state index contributed by atoms with van der Waals surface area (Å²) >= 11 is 0. The lowest BCUT2D eigenvalue weighted by atomic mass is 10.1. The summed E-state index contributed by atoms with van der Waals surface area (Å²) in [6.07, 6.45) is 0.753. The highest BCUT2D eigenvalue weighted by Crippen LogP contribution is 2.28. The lowest BCUT2D eigenvalue weighted by Gasteiger charge is -2.26. The number of hydrogen-bond acceptors (Lipinski definition) is 4. The van der Waals surface area contributed by atoms with Crippen LogP contribution in [0.5, 0.6) is 0 Å². The molecule has 0 saturated heterocycles. The van der Waals surface area contributed by atoms with Crippen LogP contribution in [0.1, 0.15) is 53.2 Å². The van der Waals surface area contributed by atoms with Crippen molar-refractivity contribution in [3.05, 3.63) is 59.7 Å². The number of aromatic carboxylic acids is 1. The van der Waals surface area contributed by atoms with Crippen molar-refractivity contribution in [2.24, 2.45) is 0 Å². The Kier molecular flexibility index (Phi) is 4.61. The van der Waals surface area contributed by atoms with Crippen LogP contribution in [0.4, 0.5) is 0 Å². The summed E-state index contributed by atoms with van der Waals surface area (Å²) in [4.78, 5) is 25.4. The number of furan rings is 2. The smallest absolute Gasteiger partial charge is 0.371 e. The van der Waals surface area contributed by atoms with Crippen molar-refractivity contribution in [1.82, 2.24) is 4.90 Å². The first-order chi connectivity index (χ1) is 12.0. The first-order valence-corrected chi connectivity index (χ1v) is 8.13. The van der Waals surface area contributed by atoms with E-state index in [1.54, 1.807) is 4.90 Å². The topological polar surface area (TPSA) is 83.9 Å². The Hall–Kier alpha value is -3.02. The molecule has 0 aliphatic rings. The van der Waals surface area contributed by atoms with Crippen molar-refractivity contribution in [1.29, 1.82) is 0 Å². The van der Waals surface area contributed by atoms with E-state index in [1.165, 1.54) is 12.1 Å². The highest BCUT2D eigenvalue weighted by Gasteiger charge is 2.27. The summed E-state index contributed by atoms with van der Waals surface area (Å²) in [7, 11) is 0. The number of nitrogens with zero attached hydrogens (tertiary/aromatic N) is 1. The molecule has 2 heterocycles. The molecule has 25 heavy (non-hydrogen) atoms. The molecule has 0 aliphatic carbocycles. The summed E-state index contributed by atoms with van der Waals surface area (Å²) in [5.41, 5.74) is 0.763. The molecule has 130 valence electrons. The van der Waals surface area contributed by atoms with Crippen LogP contribution >= 0.6 is 0 Å². The summed E-state index contributed by atoms with van der Waals surface area (Å²) in [5, 5.41) is 9.93. The first-order valence-electron chi connectivity index (χ1n) is 8.13. The normalized spacial score (nSPS) is 12.2. The number of benzene rings is 1. The molecule has 1 atom stereocenters. The van der Waals surface area contributed by atoms with E-state index < -0.39 is 5.97 Å². The Morgan fingerprint density at radius 3 is 2.48 bits per heavy atom. The van der Waals surface area contributed by atoms with E-state index in [0.29, 0.717) is 12.3 Å². The maximum absolute atomic E-state index is 12.8. The summed E-state index contributed by atoms with van der Waals surface area (Å²) in [6.45, 7) is 4.35. The number of para-hydroxylation sites is 1. The standard InChI is InChI=1S/C19H19NO5/c1-3-10-20(18(21)15-8-9-16(25-15)19(22)23)12(2)17-11-13-6-4-5-7-14(13)24-17/h4-9,11-12H,3,10H2,1-2H3,(H,22,23). The van der Waals surface area contributed by atoms with Crippen molar-refractivity contribution in [2.45, 2.75) is 26.3 Å². The van der Waals surface area contributed by atoms with Crippen molar-refractivity contribution in [3.63, 3.8) is 0 Å². The predicted molar refractivity (Wildman–Crippen MR) is 91.6 cm³/mol. The molecule has 0 aliphatic heterocycles. The quantitative estimate of drug-likeness (QED) is 0.721. The van der Waals surface area contributed by atoms with Crippen LogP contribution in [0.2, 0.25) is 0 Å². The Morgan fingerprint density at radius 1 is 1.12 bits per heavy atom. The second-order valence-electron chi connectivity index (χ2n) is 5.83.